The van der Waals surface area contributed by atoms with E-state index in [4.69, 9.17) is 4.74 Å². The van der Waals surface area contributed by atoms with E-state index in [1.54, 1.807) is 19.9 Å². The molecule has 1 heterocycles. The van der Waals surface area contributed by atoms with Crippen LogP contribution in [0.15, 0.2) is 24.3 Å². The molecule has 3 unspecified atom stereocenters. The Balaban J connectivity index is 1.87. The van der Waals surface area contributed by atoms with Gasteiger partial charge in [-0.15, -0.1) is 0 Å². The van der Waals surface area contributed by atoms with Crippen LogP contribution in [0.5, 0.6) is 17.2 Å². The smallest absolute Gasteiger partial charge is 0.342 e. The summed E-state index contributed by atoms with van der Waals surface area (Å²) in [5, 5.41) is 44.4. The summed E-state index contributed by atoms with van der Waals surface area (Å²) in [4.78, 5) is 26.3. The molecule has 1 spiro atoms. The van der Waals surface area contributed by atoms with Crippen molar-refractivity contribution in [2.45, 2.75) is 31.3 Å². The maximum atomic E-state index is 13.7. The lowest BCUT2D eigenvalue weighted by molar-refractivity contribution is 0.00721. The van der Waals surface area contributed by atoms with Crippen LogP contribution in [0.2, 0.25) is 0 Å². The highest BCUT2D eigenvalue weighted by Crippen LogP contribution is 2.63. The van der Waals surface area contributed by atoms with Gasteiger partial charge in [-0.3, -0.25) is 4.79 Å². The van der Waals surface area contributed by atoms with E-state index in [-0.39, 0.29) is 46.3 Å². The largest absolute Gasteiger partial charge is 0.508 e. The molecule has 156 valence electrons. The zero-order valence-electron chi connectivity index (χ0n) is 16.7. The summed E-state index contributed by atoms with van der Waals surface area (Å²) in [5.74, 6) is -2.59. The Morgan fingerprint density at radius 2 is 1.68 bits per heavy atom. The number of hydrogen-bond acceptors (Lipinski definition) is 7. The SMILES string of the molecule is Cc1cc(O)c2c3c1C(=O)C1c4c(c(O)cc5cc(O)cc(C)c45)C3(COC2=O)C1O. The van der Waals surface area contributed by atoms with Crippen LogP contribution in [0.4, 0.5) is 0 Å². The summed E-state index contributed by atoms with van der Waals surface area (Å²) in [6.45, 7) is 3.19. The van der Waals surface area contributed by atoms with Crippen molar-refractivity contribution in [3.05, 3.63) is 63.2 Å². The minimum absolute atomic E-state index is 0.0216. The fraction of sp³-hybridized carbons (Fsp3) is 0.250. The molecule has 3 atom stereocenters. The van der Waals surface area contributed by atoms with Crippen LogP contribution in [0.1, 0.15) is 54.5 Å². The minimum Gasteiger partial charge on any atom is -0.508 e. The van der Waals surface area contributed by atoms with Gasteiger partial charge in [0.25, 0.3) is 0 Å². The number of rotatable bonds is 0. The topological polar surface area (TPSA) is 124 Å². The molecule has 0 aromatic heterocycles. The molecule has 4 N–H and O–H groups in total. The molecule has 31 heavy (non-hydrogen) atoms. The Hall–Kier alpha value is -3.58. The van der Waals surface area contributed by atoms with Gasteiger partial charge in [0, 0.05) is 11.1 Å². The lowest BCUT2D eigenvalue weighted by Crippen LogP contribution is -2.52. The van der Waals surface area contributed by atoms with Gasteiger partial charge >= 0.3 is 5.97 Å². The first-order chi connectivity index (χ1) is 14.7. The standard InChI is InChI=1S/C24H18O7/c1-8-3-11(25)5-10-6-13(27)19-17(14(8)10)18-21(28)15-9(2)4-12(26)16-20(15)24(19,22(18)29)7-31-23(16)30/h3-6,18,22,25-27,29H,7H2,1-2H3. The Morgan fingerprint density at radius 3 is 2.42 bits per heavy atom. The number of phenols is 3. The first kappa shape index (κ1) is 18.2. The number of ether oxygens (including phenoxy) is 1. The van der Waals surface area contributed by atoms with Crippen molar-refractivity contribution in [2.24, 2.45) is 0 Å². The summed E-state index contributed by atoms with van der Waals surface area (Å²) in [7, 11) is 0. The molecule has 7 nitrogen and oxygen atoms in total. The molecule has 2 aliphatic carbocycles. The number of benzene rings is 3. The van der Waals surface area contributed by atoms with E-state index in [0.717, 1.165) is 0 Å². The second kappa shape index (κ2) is 5.36. The second-order valence-electron chi connectivity index (χ2n) is 8.72. The summed E-state index contributed by atoms with van der Waals surface area (Å²) < 4.78 is 5.40. The summed E-state index contributed by atoms with van der Waals surface area (Å²) in [5.41, 5.74) is 0.960. The quantitative estimate of drug-likeness (QED) is 0.414. The van der Waals surface area contributed by atoms with E-state index in [2.05, 4.69) is 0 Å². The van der Waals surface area contributed by atoms with Gasteiger partial charge < -0.3 is 25.2 Å². The molecule has 3 aliphatic rings. The Morgan fingerprint density at radius 1 is 0.935 bits per heavy atom. The first-order valence-electron chi connectivity index (χ1n) is 9.94. The molecular weight excluding hydrogens is 400 g/mol. The van der Waals surface area contributed by atoms with Crippen molar-refractivity contribution in [3.8, 4) is 17.2 Å². The van der Waals surface area contributed by atoms with E-state index < -0.39 is 23.4 Å². The zero-order valence-corrected chi connectivity index (χ0v) is 16.7. The van der Waals surface area contributed by atoms with Gasteiger partial charge in [-0.2, -0.15) is 0 Å². The van der Waals surface area contributed by atoms with Crippen LogP contribution < -0.4 is 0 Å². The Kier molecular flexibility index (Phi) is 3.15. The fourth-order valence-corrected chi connectivity index (χ4v) is 6.08. The Bertz CT molecular complexity index is 1400. The Labute approximate surface area is 176 Å². The average Bonchev–Trinajstić information content (AvgIpc) is 2.86. The van der Waals surface area contributed by atoms with E-state index in [9.17, 15) is 30.0 Å². The third-order valence-electron chi connectivity index (χ3n) is 7.13. The van der Waals surface area contributed by atoms with Gasteiger partial charge in [0.05, 0.1) is 17.4 Å². The lowest BCUT2D eigenvalue weighted by Gasteiger charge is -2.43. The number of aliphatic hydroxyl groups is 1. The molecule has 0 saturated carbocycles. The highest BCUT2D eigenvalue weighted by molar-refractivity contribution is 6.14. The van der Waals surface area contributed by atoms with Crippen molar-refractivity contribution in [3.63, 3.8) is 0 Å². The lowest BCUT2D eigenvalue weighted by atomic mass is 9.63. The van der Waals surface area contributed by atoms with E-state index >= 15 is 0 Å². The highest BCUT2D eigenvalue weighted by atomic mass is 16.5. The molecule has 3 aromatic rings. The average molecular weight is 418 g/mol. The molecule has 1 aliphatic heterocycles. The molecule has 0 amide bonds. The van der Waals surface area contributed by atoms with Crippen LogP contribution in [-0.2, 0) is 10.2 Å². The zero-order chi connectivity index (χ0) is 22.0. The van der Waals surface area contributed by atoms with Gasteiger partial charge in [0.1, 0.15) is 29.4 Å². The number of Topliss-reactive ketones (excluding diaryl/α,β-unsaturated/α-hetero) is 1. The van der Waals surface area contributed by atoms with Gasteiger partial charge in [-0.05, 0) is 71.1 Å². The first-order valence-corrected chi connectivity index (χ1v) is 9.94. The van der Waals surface area contributed by atoms with Gasteiger partial charge in [-0.25, -0.2) is 4.79 Å². The molecule has 2 bridgehead atoms. The number of cyclic esters (lactones) is 1. The van der Waals surface area contributed by atoms with E-state index in [1.807, 2.05) is 0 Å². The number of ketones is 1. The van der Waals surface area contributed by atoms with E-state index in [1.165, 1.54) is 18.2 Å². The molecular formula is C24H18O7. The van der Waals surface area contributed by atoms with E-state index in [0.29, 0.717) is 33.0 Å². The summed E-state index contributed by atoms with van der Waals surface area (Å²) in [6, 6.07) is 5.90. The highest BCUT2D eigenvalue weighted by Gasteiger charge is 2.65. The third-order valence-corrected chi connectivity index (χ3v) is 7.13. The van der Waals surface area contributed by atoms with Crippen molar-refractivity contribution in [1.29, 1.82) is 0 Å². The van der Waals surface area contributed by atoms with Crippen molar-refractivity contribution in [2.75, 3.05) is 6.61 Å². The maximum absolute atomic E-state index is 13.7. The van der Waals surface area contributed by atoms with Crippen LogP contribution in [0, 0.1) is 13.8 Å². The number of carbonyl (C=O) groups excluding carboxylic acids is 2. The number of aromatic hydroxyl groups is 3. The van der Waals surface area contributed by atoms with Gasteiger partial charge in [-0.1, -0.05) is 0 Å². The van der Waals surface area contributed by atoms with Gasteiger partial charge in [0.2, 0.25) is 0 Å². The fourth-order valence-electron chi connectivity index (χ4n) is 6.08. The number of esters is 1. The van der Waals surface area contributed by atoms with Crippen LogP contribution in [0.3, 0.4) is 0 Å². The van der Waals surface area contributed by atoms with Crippen LogP contribution in [0.25, 0.3) is 10.8 Å². The number of fused-ring (bicyclic) bond motifs is 5. The number of phenolic OH excluding ortho intramolecular Hbond substituents is 3. The molecule has 0 fully saturated rings. The summed E-state index contributed by atoms with van der Waals surface area (Å²) in [6.07, 6.45) is -1.29. The maximum Gasteiger partial charge on any atom is 0.342 e. The third kappa shape index (κ3) is 1.84. The number of carbonyl (C=O) groups is 2. The molecule has 0 saturated heterocycles. The number of hydrogen-bond donors (Lipinski definition) is 4. The summed E-state index contributed by atoms with van der Waals surface area (Å²) >= 11 is 0. The predicted molar refractivity (Wildman–Crippen MR) is 109 cm³/mol. The van der Waals surface area contributed by atoms with Crippen LogP contribution in [-0.4, -0.2) is 44.9 Å². The minimum atomic E-state index is -1.38. The monoisotopic (exact) mass is 418 g/mol. The van der Waals surface area contributed by atoms with Crippen LogP contribution >= 0.6 is 0 Å². The van der Waals surface area contributed by atoms with Crippen molar-refractivity contribution in [1.82, 2.24) is 0 Å². The molecule has 6 rings (SSSR count). The number of aliphatic hydroxyl groups excluding tert-OH is 1. The normalized spacial score (nSPS) is 25.4. The van der Waals surface area contributed by atoms with Crippen molar-refractivity contribution < 1.29 is 34.8 Å². The van der Waals surface area contributed by atoms with Gasteiger partial charge in [0.15, 0.2) is 5.78 Å². The molecule has 7 heteroatoms. The molecule has 3 aromatic carbocycles. The van der Waals surface area contributed by atoms with Crippen molar-refractivity contribution >= 4 is 22.5 Å². The number of aryl methyl sites for hydroxylation is 2. The second-order valence-corrected chi connectivity index (χ2v) is 8.72. The molecule has 0 radical (unpaired) electrons. The predicted octanol–water partition coefficient (Wildman–Crippen LogP) is 2.68.